The maximum atomic E-state index is 12.6. The van der Waals surface area contributed by atoms with Gasteiger partial charge in [-0.25, -0.2) is 0 Å². The lowest BCUT2D eigenvalue weighted by atomic mass is 9.69. The first kappa shape index (κ1) is 16.3. The highest BCUT2D eigenvalue weighted by atomic mass is 16.2. The number of nitriles is 2. The maximum absolute atomic E-state index is 12.6. The molecule has 3 fully saturated rings. The van der Waals surface area contributed by atoms with Crippen molar-refractivity contribution in [1.29, 1.82) is 10.5 Å². The number of likely N-dealkylation sites (tertiary alicyclic amines) is 1. The molecule has 2 saturated carbocycles. The molecular weight excluding hydrogens is 288 g/mol. The average molecular weight is 314 g/mol. The molecule has 0 radical (unpaired) electrons. The number of fused-ring (bicyclic) bond motifs is 2. The fourth-order valence-electron chi connectivity index (χ4n) is 5.23. The topological polar surface area (TPSA) is 79.9 Å². The van der Waals surface area contributed by atoms with Gasteiger partial charge >= 0.3 is 0 Å². The number of carbonyl (C=O) groups is 1. The summed E-state index contributed by atoms with van der Waals surface area (Å²) in [6.45, 7) is 7.28. The van der Waals surface area contributed by atoms with Gasteiger partial charge in [0.1, 0.15) is 12.1 Å². The summed E-state index contributed by atoms with van der Waals surface area (Å²) in [5.41, 5.74) is 0.540. The summed E-state index contributed by atoms with van der Waals surface area (Å²) in [5.74, 6) is 0.621. The second kappa shape index (κ2) is 5.49. The molecule has 5 heteroatoms. The van der Waals surface area contributed by atoms with Crippen molar-refractivity contribution in [3.63, 3.8) is 0 Å². The number of amides is 1. The number of nitrogens with zero attached hydrogens (tertiary/aromatic N) is 3. The van der Waals surface area contributed by atoms with E-state index in [1.807, 2.05) is 0 Å². The standard InChI is InChI=1S/C18H26N4O/c1-17(2)12-6-7-18(17,3)15(8-12)21-11-16(23)22-13(9-19)4-5-14(22)10-20/h12-15,21H,4-8,11H2,1-3H3/t12?,13-,14+,15?,18?. The van der Waals surface area contributed by atoms with Crippen LogP contribution in [0.1, 0.15) is 52.9 Å². The minimum atomic E-state index is -0.444. The Hall–Kier alpha value is -1.59. The van der Waals surface area contributed by atoms with Crippen LogP contribution in [0.15, 0.2) is 0 Å². The summed E-state index contributed by atoms with van der Waals surface area (Å²) in [4.78, 5) is 14.1. The van der Waals surface area contributed by atoms with Crippen molar-refractivity contribution < 1.29 is 4.79 Å². The molecule has 1 N–H and O–H groups in total. The molecule has 2 aliphatic carbocycles. The molecule has 0 spiro atoms. The van der Waals surface area contributed by atoms with E-state index in [0.717, 1.165) is 12.3 Å². The predicted molar refractivity (Wildman–Crippen MR) is 85.9 cm³/mol. The molecule has 0 aromatic carbocycles. The molecule has 2 bridgehead atoms. The van der Waals surface area contributed by atoms with Crippen LogP contribution in [-0.2, 0) is 4.79 Å². The van der Waals surface area contributed by atoms with Crippen molar-refractivity contribution in [2.45, 2.75) is 71.0 Å². The van der Waals surface area contributed by atoms with Crippen LogP contribution < -0.4 is 5.32 Å². The first-order chi connectivity index (χ1) is 10.8. The average Bonchev–Trinajstić information content (AvgIpc) is 3.10. The highest BCUT2D eigenvalue weighted by Gasteiger charge is 2.61. The molecule has 0 aromatic heterocycles. The third kappa shape index (κ3) is 2.25. The van der Waals surface area contributed by atoms with Gasteiger partial charge in [0, 0.05) is 6.04 Å². The van der Waals surface area contributed by atoms with Crippen LogP contribution in [0.25, 0.3) is 0 Å². The summed E-state index contributed by atoms with van der Waals surface area (Å²) in [5, 5.41) is 21.9. The van der Waals surface area contributed by atoms with Crippen molar-refractivity contribution in [3.05, 3.63) is 0 Å². The van der Waals surface area contributed by atoms with E-state index in [1.54, 1.807) is 0 Å². The highest BCUT2D eigenvalue weighted by molar-refractivity contribution is 5.80. The van der Waals surface area contributed by atoms with E-state index in [2.05, 4.69) is 38.2 Å². The third-order valence-corrected chi connectivity index (χ3v) is 7.26. The van der Waals surface area contributed by atoms with Gasteiger partial charge in [-0.3, -0.25) is 4.79 Å². The second-order valence-corrected chi connectivity index (χ2v) is 8.21. The van der Waals surface area contributed by atoms with Crippen LogP contribution in [-0.4, -0.2) is 35.5 Å². The molecule has 1 aliphatic heterocycles. The quantitative estimate of drug-likeness (QED) is 0.866. The van der Waals surface area contributed by atoms with Gasteiger partial charge in [-0.15, -0.1) is 0 Å². The van der Waals surface area contributed by atoms with Crippen LogP contribution in [0.5, 0.6) is 0 Å². The van der Waals surface area contributed by atoms with E-state index >= 15 is 0 Å². The summed E-state index contributed by atoms with van der Waals surface area (Å²) >= 11 is 0. The lowest BCUT2D eigenvalue weighted by molar-refractivity contribution is -0.131. The molecule has 5 nitrogen and oxygen atoms in total. The SMILES string of the molecule is CC1(C)C2CCC1(C)C(NCC(=O)N1[C@H](C#N)CC[C@@H]1C#N)C2. The fourth-order valence-corrected chi connectivity index (χ4v) is 5.23. The molecule has 3 unspecified atom stereocenters. The molecule has 1 saturated heterocycles. The first-order valence-corrected chi connectivity index (χ1v) is 8.69. The molecule has 0 aromatic rings. The lowest BCUT2D eigenvalue weighted by Gasteiger charge is -2.39. The minimum absolute atomic E-state index is 0.107. The Balaban J connectivity index is 1.64. The zero-order valence-corrected chi connectivity index (χ0v) is 14.3. The second-order valence-electron chi connectivity index (χ2n) is 8.21. The zero-order valence-electron chi connectivity index (χ0n) is 14.3. The summed E-state index contributed by atoms with van der Waals surface area (Å²) in [6.07, 6.45) is 4.84. The van der Waals surface area contributed by atoms with Gasteiger partial charge < -0.3 is 10.2 Å². The van der Waals surface area contributed by atoms with Gasteiger partial charge in [0.2, 0.25) is 5.91 Å². The number of rotatable bonds is 3. The molecule has 3 rings (SSSR count). The summed E-state index contributed by atoms with van der Waals surface area (Å²) < 4.78 is 0. The number of hydrogen-bond donors (Lipinski definition) is 1. The van der Waals surface area contributed by atoms with Crippen LogP contribution in [0.3, 0.4) is 0 Å². The minimum Gasteiger partial charge on any atom is -0.310 e. The number of carbonyl (C=O) groups excluding carboxylic acids is 1. The Morgan fingerprint density at radius 3 is 2.22 bits per heavy atom. The molecule has 124 valence electrons. The smallest absolute Gasteiger partial charge is 0.238 e. The Kier molecular flexibility index (Phi) is 3.89. The molecular formula is C18H26N4O. The van der Waals surface area contributed by atoms with Crippen molar-refractivity contribution in [2.24, 2.45) is 16.7 Å². The summed E-state index contributed by atoms with van der Waals surface area (Å²) in [7, 11) is 0. The zero-order chi connectivity index (χ0) is 16.8. The van der Waals surface area contributed by atoms with Gasteiger partial charge in [-0.05, 0) is 48.9 Å². The van der Waals surface area contributed by atoms with Crippen molar-refractivity contribution in [2.75, 3.05) is 6.54 Å². The molecule has 3 aliphatic rings. The van der Waals surface area contributed by atoms with Crippen molar-refractivity contribution in [1.82, 2.24) is 10.2 Å². The largest absolute Gasteiger partial charge is 0.310 e. The van der Waals surface area contributed by atoms with Crippen LogP contribution in [0, 0.1) is 39.4 Å². The Morgan fingerprint density at radius 1 is 1.17 bits per heavy atom. The van der Waals surface area contributed by atoms with Gasteiger partial charge in [0.05, 0.1) is 18.7 Å². The Morgan fingerprint density at radius 2 is 1.78 bits per heavy atom. The van der Waals surface area contributed by atoms with E-state index in [-0.39, 0.29) is 17.9 Å². The third-order valence-electron chi connectivity index (χ3n) is 7.26. The van der Waals surface area contributed by atoms with Gasteiger partial charge in [0.15, 0.2) is 0 Å². The highest BCUT2D eigenvalue weighted by Crippen LogP contribution is 2.65. The lowest BCUT2D eigenvalue weighted by Crippen LogP contribution is -2.50. The summed E-state index contributed by atoms with van der Waals surface area (Å²) in [6, 6.07) is 3.79. The maximum Gasteiger partial charge on any atom is 0.238 e. The van der Waals surface area contributed by atoms with Crippen LogP contribution in [0.4, 0.5) is 0 Å². The molecule has 1 heterocycles. The van der Waals surface area contributed by atoms with Gasteiger partial charge in [0.25, 0.3) is 0 Å². The first-order valence-electron chi connectivity index (χ1n) is 8.69. The fraction of sp³-hybridized carbons (Fsp3) is 0.833. The monoisotopic (exact) mass is 314 g/mol. The number of hydrogen-bond acceptors (Lipinski definition) is 4. The Bertz CT molecular complexity index is 565. The molecule has 23 heavy (non-hydrogen) atoms. The Labute approximate surface area is 138 Å². The van der Waals surface area contributed by atoms with E-state index in [1.165, 1.54) is 17.7 Å². The van der Waals surface area contributed by atoms with Crippen molar-refractivity contribution >= 4 is 5.91 Å². The van der Waals surface area contributed by atoms with E-state index in [9.17, 15) is 15.3 Å². The molecule has 5 atom stereocenters. The van der Waals surface area contributed by atoms with Crippen LogP contribution >= 0.6 is 0 Å². The number of nitrogens with one attached hydrogen (secondary N) is 1. The van der Waals surface area contributed by atoms with E-state index in [4.69, 9.17) is 0 Å². The van der Waals surface area contributed by atoms with Gasteiger partial charge in [-0.2, -0.15) is 10.5 Å². The van der Waals surface area contributed by atoms with E-state index < -0.39 is 12.1 Å². The van der Waals surface area contributed by atoms with Crippen LogP contribution in [0.2, 0.25) is 0 Å². The normalized spacial score (nSPS) is 40.8. The predicted octanol–water partition coefficient (Wildman–Crippen LogP) is 2.20. The van der Waals surface area contributed by atoms with Gasteiger partial charge in [-0.1, -0.05) is 20.8 Å². The van der Waals surface area contributed by atoms with E-state index in [0.29, 0.717) is 24.3 Å². The molecule has 1 amide bonds. The van der Waals surface area contributed by atoms with Crippen molar-refractivity contribution in [3.8, 4) is 12.1 Å².